The molecule has 0 heterocycles. The second-order valence-corrected chi connectivity index (χ2v) is 3.11. The van der Waals surface area contributed by atoms with Gasteiger partial charge in [-0.05, 0) is 12.8 Å². The Kier molecular flexibility index (Phi) is 6.54. The molecule has 0 rings (SSSR count). The van der Waals surface area contributed by atoms with Crippen molar-refractivity contribution in [3.8, 4) is 0 Å². The van der Waals surface area contributed by atoms with E-state index in [9.17, 15) is 15.0 Å². The molecule has 0 bridgehead atoms. The van der Waals surface area contributed by atoms with Gasteiger partial charge < -0.3 is 14.9 Å². The van der Waals surface area contributed by atoms with Crippen molar-refractivity contribution < 1.29 is 19.7 Å². The fourth-order valence-electron chi connectivity index (χ4n) is 1.12. The summed E-state index contributed by atoms with van der Waals surface area (Å²) in [5.41, 5.74) is 0. The molecule has 0 saturated heterocycles. The zero-order chi connectivity index (χ0) is 10.3. The summed E-state index contributed by atoms with van der Waals surface area (Å²) in [4.78, 5) is 10.7. The second kappa shape index (κ2) is 6.86. The minimum atomic E-state index is -0.797. The number of aliphatic hydroxyl groups is 2. The first-order chi connectivity index (χ1) is 6.10. The number of methoxy groups -OCH3 is 1. The predicted molar refractivity (Wildman–Crippen MR) is 48.2 cm³/mol. The Morgan fingerprint density at radius 3 is 2.46 bits per heavy atom. The number of carbonyl (C=O) groups excluding carboxylic acids is 1. The average Bonchev–Trinajstić information content (AvgIpc) is 2.04. The zero-order valence-corrected chi connectivity index (χ0v) is 8.19. The van der Waals surface area contributed by atoms with E-state index in [2.05, 4.69) is 4.74 Å². The molecule has 0 saturated carbocycles. The van der Waals surface area contributed by atoms with Crippen LogP contribution < -0.4 is 0 Å². The summed E-state index contributed by atoms with van der Waals surface area (Å²) in [6.45, 7) is 1.95. The molecule has 0 spiro atoms. The van der Waals surface area contributed by atoms with Gasteiger partial charge in [-0.1, -0.05) is 13.3 Å². The highest BCUT2D eigenvalue weighted by molar-refractivity contribution is 5.69. The number of hydrogen-bond donors (Lipinski definition) is 2. The van der Waals surface area contributed by atoms with E-state index in [4.69, 9.17) is 0 Å². The van der Waals surface area contributed by atoms with Gasteiger partial charge in [0.05, 0.1) is 25.7 Å². The van der Waals surface area contributed by atoms with Crippen molar-refractivity contribution in [2.75, 3.05) is 7.11 Å². The van der Waals surface area contributed by atoms with E-state index in [1.807, 2.05) is 6.92 Å². The number of esters is 1. The van der Waals surface area contributed by atoms with Gasteiger partial charge in [-0.15, -0.1) is 0 Å². The van der Waals surface area contributed by atoms with Crippen LogP contribution in [0, 0.1) is 0 Å². The first-order valence-electron chi connectivity index (χ1n) is 4.53. The molecular formula is C9H18O4. The van der Waals surface area contributed by atoms with E-state index in [1.54, 1.807) is 0 Å². The van der Waals surface area contributed by atoms with Crippen LogP contribution in [0.5, 0.6) is 0 Å². The van der Waals surface area contributed by atoms with Gasteiger partial charge in [-0.3, -0.25) is 4.79 Å². The molecule has 0 aliphatic rings. The molecule has 0 aromatic heterocycles. The molecule has 78 valence electrons. The van der Waals surface area contributed by atoms with Gasteiger partial charge in [-0.2, -0.15) is 0 Å². The fourth-order valence-corrected chi connectivity index (χ4v) is 1.12. The fraction of sp³-hybridized carbons (Fsp3) is 0.889. The van der Waals surface area contributed by atoms with Crippen LogP contribution in [0.3, 0.4) is 0 Å². The van der Waals surface area contributed by atoms with Crippen molar-refractivity contribution >= 4 is 5.97 Å². The Balaban J connectivity index is 3.60. The standard InChI is InChI=1S/C9H18O4/c1-3-4-7(10)5-8(11)6-9(12)13-2/h7-8,10-11H,3-6H2,1-2H3/t7-,8+/m1/s1. The summed E-state index contributed by atoms with van der Waals surface area (Å²) >= 11 is 0. The number of hydrogen-bond acceptors (Lipinski definition) is 4. The quantitative estimate of drug-likeness (QED) is 0.597. The van der Waals surface area contributed by atoms with E-state index in [-0.39, 0.29) is 12.8 Å². The third-order valence-electron chi connectivity index (χ3n) is 1.80. The molecule has 0 fully saturated rings. The third kappa shape index (κ3) is 6.54. The Hall–Kier alpha value is -0.610. The molecule has 0 radical (unpaired) electrons. The lowest BCUT2D eigenvalue weighted by Crippen LogP contribution is -2.21. The average molecular weight is 190 g/mol. The van der Waals surface area contributed by atoms with Crippen LogP contribution in [0.2, 0.25) is 0 Å². The summed E-state index contributed by atoms with van der Waals surface area (Å²) < 4.78 is 4.38. The second-order valence-electron chi connectivity index (χ2n) is 3.11. The summed E-state index contributed by atoms with van der Waals surface area (Å²) in [7, 11) is 1.28. The van der Waals surface area contributed by atoms with E-state index < -0.39 is 18.2 Å². The normalized spacial score (nSPS) is 15.1. The van der Waals surface area contributed by atoms with Crippen molar-refractivity contribution in [1.29, 1.82) is 0 Å². The molecule has 0 aliphatic heterocycles. The van der Waals surface area contributed by atoms with E-state index >= 15 is 0 Å². The Morgan fingerprint density at radius 2 is 2.00 bits per heavy atom. The Labute approximate surface area is 78.5 Å². The summed E-state index contributed by atoms with van der Waals surface area (Å²) in [5, 5.41) is 18.6. The smallest absolute Gasteiger partial charge is 0.308 e. The van der Waals surface area contributed by atoms with E-state index in [0.29, 0.717) is 6.42 Å². The number of rotatable bonds is 6. The molecule has 0 unspecified atom stereocenters. The van der Waals surface area contributed by atoms with Crippen LogP contribution in [0.4, 0.5) is 0 Å². The molecule has 0 amide bonds. The maximum absolute atomic E-state index is 10.7. The van der Waals surface area contributed by atoms with Crippen LogP contribution in [-0.4, -0.2) is 35.5 Å². The minimum absolute atomic E-state index is 0.0444. The summed E-state index contributed by atoms with van der Waals surface area (Å²) in [6.07, 6.45) is 0.392. The van der Waals surface area contributed by atoms with Gasteiger partial charge in [0.15, 0.2) is 0 Å². The van der Waals surface area contributed by atoms with E-state index in [0.717, 1.165) is 6.42 Å². The van der Waals surface area contributed by atoms with Crippen LogP contribution in [0.25, 0.3) is 0 Å². The van der Waals surface area contributed by atoms with Gasteiger partial charge in [-0.25, -0.2) is 0 Å². The molecule has 0 aromatic rings. The van der Waals surface area contributed by atoms with Crippen LogP contribution in [0.1, 0.15) is 32.6 Å². The van der Waals surface area contributed by atoms with Crippen LogP contribution in [-0.2, 0) is 9.53 Å². The van der Waals surface area contributed by atoms with Gasteiger partial charge in [0.2, 0.25) is 0 Å². The lowest BCUT2D eigenvalue weighted by Gasteiger charge is -2.13. The number of ether oxygens (including phenoxy) is 1. The van der Waals surface area contributed by atoms with Gasteiger partial charge in [0.1, 0.15) is 0 Å². The predicted octanol–water partition coefficient (Wildman–Crippen LogP) is 0.461. The number of carbonyl (C=O) groups is 1. The zero-order valence-electron chi connectivity index (χ0n) is 8.19. The highest BCUT2D eigenvalue weighted by atomic mass is 16.5. The maximum Gasteiger partial charge on any atom is 0.308 e. The van der Waals surface area contributed by atoms with Crippen molar-refractivity contribution in [2.24, 2.45) is 0 Å². The van der Waals surface area contributed by atoms with Crippen molar-refractivity contribution in [1.82, 2.24) is 0 Å². The highest BCUT2D eigenvalue weighted by Gasteiger charge is 2.14. The summed E-state index contributed by atoms with van der Waals surface area (Å²) in [6, 6.07) is 0. The lowest BCUT2D eigenvalue weighted by atomic mass is 10.1. The van der Waals surface area contributed by atoms with E-state index in [1.165, 1.54) is 7.11 Å². The molecule has 2 N–H and O–H groups in total. The van der Waals surface area contributed by atoms with Crippen LogP contribution in [0.15, 0.2) is 0 Å². The van der Waals surface area contributed by atoms with Gasteiger partial charge in [0.25, 0.3) is 0 Å². The molecule has 0 aliphatic carbocycles. The number of aliphatic hydroxyl groups excluding tert-OH is 2. The Morgan fingerprint density at radius 1 is 1.38 bits per heavy atom. The lowest BCUT2D eigenvalue weighted by molar-refractivity contribution is -0.143. The molecule has 4 heteroatoms. The highest BCUT2D eigenvalue weighted by Crippen LogP contribution is 2.07. The van der Waals surface area contributed by atoms with Crippen LogP contribution >= 0.6 is 0 Å². The van der Waals surface area contributed by atoms with Crippen molar-refractivity contribution in [3.63, 3.8) is 0 Å². The maximum atomic E-state index is 10.7. The van der Waals surface area contributed by atoms with Crippen molar-refractivity contribution in [3.05, 3.63) is 0 Å². The molecule has 2 atom stereocenters. The largest absolute Gasteiger partial charge is 0.469 e. The first kappa shape index (κ1) is 12.4. The molecule has 4 nitrogen and oxygen atoms in total. The van der Waals surface area contributed by atoms with Gasteiger partial charge >= 0.3 is 5.97 Å². The molecular weight excluding hydrogens is 172 g/mol. The third-order valence-corrected chi connectivity index (χ3v) is 1.80. The SMILES string of the molecule is CCC[C@@H](O)C[C@H](O)CC(=O)OC. The summed E-state index contributed by atoms with van der Waals surface area (Å²) in [5.74, 6) is -0.448. The molecule has 0 aromatic carbocycles. The topological polar surface area (TPSA) is 66.8 Å². The Bertz CT molecular complexity index is 147. The monoisotopic (exact) mass is 190 g/mol. The van der Waals surface area contributed by atoms with Crippen molar-refractivity contribution in [2.45, 2.75) is 44.8 Å². The minimum Gasteiger partial charge on any atom is -0.469 e. The first-order valence-corrected chi connectivity index (χ1v) is 4.53. The van der Waals surface area contributed by atoms with Gasteiger partial charge in [0, 0.05) is 0 Å². The molecule has 13 heavy (non-hydrogen) atoms.